The number of nitrogens with zero attached hydrogens (tertiary/aromatic N) is 1. The van der Waals surface area contributed by atoms with Gasteiger partial charge in [0.2, 0.25) is 0 Å². The second kappa shape index (κ2) is 10.5. The molecule has 6 heteroatoms. The largest absolute Gasteiger partial charge is 0.496 e. The molecule has 0 fully saturated rings. The molecule has 0 saturated carbocycles. The van der Waals surface area contributed by atoms with Crippen LogP contribution in [0.3, 0.4) is 0 Å². The van der Waals surface area contributed by atoms with E-state index in [0.29, 0.717) is 12.5 Å². The summed E-state index contributed by atoms with van der Waals surface area (Å²) in [7, 11) is 3.07. The van der Waals surface area contributed by atoms with Gasteiger partial charge in [-0.3, -0.25) is 9.79 Å². The zero-order chi connectivity index (χ0) is 17.9. The third kappa shape index (κ3) is 6.48. The molecule has 1 unspecified atom stereocenters. The summed E-state index contributed by atoms with van der Waals surface area (Å²) in [5, 5.41) is 6.46. The first-order valence-electron chi connectivity index (χ1n) is 8.25. The van der Waals surface area contributed by atoms with Gasteiger partial charge in [0.15, 0.2) is 5.96 Å². The minimum atomic E-state index is -0.262. The molecule has 0 aliphatic carbocycles. The molecule has 2 N–H and O–H groups in total. The van der Waals surface area contributed by atoms with Gasteiger partial charge in [0.25, 0.3) is 0 Å². The lowest BCUT2D eigenvalue weighted by atomic mass is 10.1. The highest BCUT2D eigenvalue weighted by molar-refractivity contribution is 5.80. The third-order valence-electron chi connectivity index (χ3n) is 3.59. The molecule has 1 aromatic carbocycles. The number of nitrogens with one attached hydrogen (secondary N) is 2. The van der Waals surface area contributed by atoms with Gasteiger partial charge in [0, 0.05) is 13.1 Å². The Kier molecular flexibility index (Phi) is 8.68. The summed E-state index contributed by atoms with van der Waals surface area (Å²) in [5.41, 5.74) is 2.36. The van der Waals surface area contributed by atoms with Gasteiger partial charge >= 0.3 is 5.97 Å². The predicted octanol–water partition coefficient (Wildman–Crippen LogP) is 1.91. The number of benzene rings is 1. The number of methoxy groups -OCH3 is 2. The Labute approximate surface area is 144 Å². The molecule has 0 amide bonds. The number of hydrogen-bond acceptors (Lipinski definition) is 4. The molecule has 0 bridgehead atoms. The summed E-state index contributed by atoms with van der Waals surface area (Å²) < 4.78 is 10.1. The highest BCUT2D eigenvalue weighted by atomic mass is 16.5. The maximum Gasteiger partial charge on any atom is 0.310 e. The Morgan fingerprint density at radius 2 is 2.04 bits per heavy atom. The number of carbonyl (C=O) groups excluding carboxylic acids is 1. The molecule has 6 nitrogen and oxygen atoms in total. The van der Waals surface area contributed by atoms with Gasteiger partial charge in [-0.1, -0.05) is 24.6 Å². The van der Waals surface area contributed by atoms with Gasteiger partial charge in [-0.05, 0) is 31.9 Å². The number of aliphatic imine (C=N–C) groups is 1. The molecule has 0 radical (unpaired) electrons. The normalized spacial score (nSPS) is 12.5. The zero-order valence-electron chi connectivity index (χ0n) is 15.3. The van der Waals surface area contributed by atoms with Gasteiger partial charge in [-0.2, -0.15) is 0 Å². The quantitative estimate of drug-likeness (QED) is 0.431. The number of ether oxygens (including phenoxy) is 2. The highest BCUT2D eigenvalue weighted by Crippen LogP contribution is 2.19. The average molecular weight is 335 g/mol. The molecule has 0 heterocycles. The van der Waals surface area contributed by atoms with E-state index in [1.807, 2.05) is 19.1 Å². The van der Waals surface area contributed by atoms with E-state index in [-0.39, 0.29) is 11.9 Å². The first-order chi connectivity index (χ1) is 11.5. The lowest BCUT2D eigenvalue weighted by Gasteiger charge is -2.14. The van der Waals surface area contributed by atoms with E-state index < -0.39 is 0 Å². The minimum absolute atomic E-state index is 0.251. The van der Waals surface area contributed by atoms with Crippen molar-refractivity contribution in [1.29, 1.82) is 0 Å². The van der Waals surface area contributed by atoms with Crippen LogP contribution in [0.4, 0.5) is 0 Å². The Morgan fingerprint density at radius 1 is 1.29 bits per heavy atom. The molecule has 0 saturated heterocycles. The third-order valence-corrected chi connectivity index (χ3v) is 3.59. The molecule has 1 rings (SSSR count). The fourth-order valence-electron chi connectivity index (χ4n) is 2.26. The molecule has 1 aromatic rings. The van der Waals surface area contributed by atoms with E-state index in [9.17, 15) is 4.79 Å². The fourth-order valence-corrected chi connectivity index (χ4v) is 2.26. The molecule has 0 aromatic heterocycles. The van der Waals surface area contributed by atoms with Crippen molar-refractivity contribution in [2.45, 2.75) is 27.2 Å². The lowest BCUT2D eigenvalue weighted by Crippen LogP contribution is -2.39. The van der Waals surface area contributed by atoms with Crippen LogP contribution < -0.4 is 15.4 Å². The van der Waals surface area contributed by atoms with Crippen molar-refractivity contribution in [2.75, 3.05) is 33.9 Å². The Morgan fingerprint density at radius 3 is 2.67 bits per heavy atom. The van der Waals surface area contributed by atoms with E-state index in [2.05, 4.69) is 28.6 Å². The van der Waals surface area contributed by atoms with Crippen LogP contribution in [-0.4, -0.2) is 45.8 Å². The van der Waals surface area contributed by atoms with E-state index in [1.165, 1.54) is 12.7 Å². The van der Waals surface area contributed by atoms with Crippen molar-refractivity contribution in [2.24, 2.45) is 10.9 Å². The van der Waals surface area contributed by atoms with Gasteiger partial charge < -0.3 is 20.1 Å². The number of carbonyl (C=O) groups is 1. The summed E-state index contributed by atoms with van der Waals surface area (Å²) in [5.74, 6) is 1.07. The van der Waals surface area contributed by atoms with E-state index in [4.69, 9.17) is 9.47 Å². The number of hydrogen-bond donors (Lipinski definition) is 2. The van der Waals surface area contributed by atoms with E-state index >= 15 is 0 Å². The van der Waals surface area contributed by atoms with Crippen LogP contribution in [0.15, 0.2) is 23.2 Å². The lowest BCUT2D eigenvalue weighted by molar-refractivity contribution is -0.144. The van der Waals surface area contributed by atoms with Crippen LogP contribution in [-0.2, 0) is 16.0 Å². The van der Waals surface area contributed by atoms with Crippen molar-refractivity contribution in [3.8, 4) is 5.75 Å². The topological polar surface area (TPSA) is 72.0 Å². The smallest absolute Gasteiger partial charge is 0.310 e. The summed E-state index contributed by atoms with van der Waals surface area (Å²) in [4.78, 5) is 15.9. The van der Waals surface area contributed by atoms with Crippen LogP contribution in [0, 0.1) is 12.8 Å². The molecule has 0 aliphatic heterocycles. The van der Waals surface area contributed by atoms with Crippen LogP contribution in [0.5, 0.6) is 5.75 Å². The maximum atomic E-state index is 11.4. The number of esters is 1. The molecule has 134 valence electrons. The maximum absolute atomic E-state index is 11.4. The van der Waals surface area contributed by atoms with Gasteiger partial charge in [-0.25, -0.2) is 0 Å². The summed E-state index contributed by atoms with van der Waals surface area (Å²) in [6.07, 6.45) is 0.821. The number of guanidine groups is 1. The first-order valence-corrected chi connectivity index (χ1v) is 8.25. The fraction of sp³-hybridized carbons (Fsp3) is 0.556. The molecule has 1 atom stereocenters. The van der Waals surface area contributed by atoms with Crippen molar-refractivity contribution in [3.63, 3.8) is 0 Å². The second-order valence-electron chi connectivity index (χ2n) is 5.64. The Hall–Kier alpha value is -2.24. The summed E-state index contributed by atoms with van der Waals surface area (Å²) in [6, 6.07) is 6.15. The zero-order valence-corrected chi connectivity index (χ0v) is 15.3. The van der Waals surface area contributed by atoms with Gasteiger partial charge in [0.05, 0.1) is 26.7 Å². The minimum Gasteiger partial charge on any atom is -0.496 e. The van der Waals surface area contributed by atoms with Gasteiger partial charge in [0.1, 0.15) is 5.75 Å². The molecule has 24 heavy (non-hydrogen) atoms. The average Bonchev–Trinajstić information content (AvgIpc) is 2.58. The van der Waals surface area contributed by atoms with Crippen molar-refractivity contribution in [3.05, 3.63) is 29.3 Å². The van der Waals surface area contributed by atoms with Crippen LogP contribution in [0.25, 0.3) is 0 Å². The predicted molar refractivity (Wildman–Crippen MR) is 96.6 cm³/mol. The monoisotopic (exact) mass is 335 g/mol. The van der Waals surface area contributed by atoms with Crippen LogP contribution in [0.2, 0.25) is 0 Å². The number of aryl methyl sites for hydroxylation is 1. The molecule has 0 spiro atoms. The van der Waals surface area contributed by atoms with Crippen molar-refractivity contribution < 1.29 is 14.3 Å². The SMILES string of the molecule is CCNC(=NCC(C)C(=O)OC)NCCc1cc(C)ccc1OC. The summed E-state index contributed by atoms with van der Waals surface area (Å²) in [6.45, 7) is 7.73. The molecular weight excluding hydrogens is 306 g/mol. The van der Waals surface area contributed by atoms with Crippen LogP contribution >= 0.6 is 0 Å². The van der Waals surface area contributed by atoms with E-state index in [0.717, 1.165) is 30.8 Å². The first kappa shape index (κ1) is 19.8. The molecular formula is C18H29N3O3. The Bertz CT molecular complexity index is 558. The number of rotatable bonds is 8. The standard InChI is InChI=1S/C18H29N3O3/c1-6-19-18(21-12-14(3)17(22)24-5)20-10-9-15-11-13(2)7-8-16(15)23-4/h7-8,11,14H,6,9-10,12H2,1-5H3,(H2,19,20,21). The summed E-state index contributed by atoms with van der Waals surface area (Å²) >= 11 is 0. The van der Waals surface area contributed by atoms with Crippen molar-refractivity contribution >= 4 is 11.9 Å². The van der Waals surface area contributed by atoms with Gasteiger partial charge in [-0.15, -0.1) is 0 Å². The van der Waals surface area contributed by atoms with Crippen molar-refractivity contribution in [1.82, 2.24) is 10.6 Å². The Balaban J connectivity index is 2.60. The van der Waals surface area contributed by atoms with E-state index in [1.54, 1.807) is 14.0 Å². The highest BCUT2D eigenvalue weighted by Gasteiger charge is 2.12. The second-order valence-corrected chi connectivity index (χ2v) is 5.64. The molecule has 0 aliphatic rings. The van der Waals surface area contributed by atoms with Crippen LogP contribution in [0.1, 0.15) is 25.0 Å².